The summed E-state index contributed by atoms with van der Waals surface area (Å²) in [5, 5.41) is 17.9. The fourth-order valence-electron chi connectivity index (χ4n) is 1.71. The molecule has 1 aromatic rings. The maximum absolute atomic E-state index is 14.1. The fraction of sp³-hybridized carbons (Fsp3) is 0.154. The molecule has 5 heteroatoms. The normalized spacial score (nSPS) is 30.9. The summed E-state index contributed by atoms with van der Waals surface area (Å²) in [6.45, 7) is 0. The number of benzene rings is 1. The molecule has 0 heterocycles. The molecule has 18 heavy (non-hydrogen) atoms. The Bertz CT molecular complexity index is 534. The van der Waals surface area contributed by atoms with Gasteiger partial charge in [0, 0.05) is 0 Å². The van der Waals surface area contributed by atoms with Gasteiger partial charge in [0.05, 0.1) is 0 Å². The third kappa shape index (κ3) is 1.82. The van der Waals surface area contributed by atoms with Gasteiger partial charge in [-0.05, 0) is 23.3 Å². The highest BCUT2D eigenvalue weighted by atomic mass is 19.2. The average molecular weight is 252 g/mol. The lowest BCUT2D eigenvalue weighted by Crippen LogP contribution is -2.52. The van der Waals surface area contributed by atoms with Crippen LogP contribution in [-0.2, 0) is 4.79 Å². The highest BCUT2D eigenvalue weighted by molar-refractivity contribution is 5.89. The van der Waals surface area contributed by atoms with Crippen molar-refractivity contribution in [2.45, 2.75) is 11.5 Å². The van der Waals surface area contributed by atoms with Crippen molar-refractivity contribution in [3.8, 4) is 0 Å². The van der Waals surface area contributed by atoms with Crippen LogP contribution in [0.4, 0.5) is 8.78 Å². The Morgan fingerprint density at radius 1 is 1.17 bits per heavy atom. The Morgan fingerprint density at radius 3 is 2.33 bits per heavy atom. The SMILES string of the molecule is O=C(O)C1(F)C=C(c2ccccc2)C=CC1(O)F. The van der Waals surface area contributed by atoms with E-state index in [1.807, 2.05) is 0 Å². The summed E-state index contributed by atoms with van der Waals surface area (Å²) in [5.74, 6) is -5.64. The zero-order valence-electron chi connectivity index (χ0n) is 9.18. The third-order valence-electron chi connectivity index (χ3n) is 2.77. The van der Waals surface area contributed by atoms with Crippen LogP contribution in [0.2, 0.25) is 0 Å². The first-order valence-corrected chi connectivity index (χ1v) is 5.18. The number of aliphatic hydroxyl groups is 1. The second-order valence-corrected chi connectivity index (χ2v) is 3.99. The largest absolute Gasteiger partial charge is 0.478 e. The number of carboxylic acid groups (broad SMARTS) is 1. The Labute approximate surface area is 102 Å². The van der Waals surface area contributed by atoms with E-state index in [1.165, 1.54) is 0 Å². The third-order valence-corrected chi connectivity index (χ3v) is 2.77. The molecule has 2 N–H and O–H groups in total. The summed E-state index contributed by atoms with van der Waals surface area (Å²) < 4.78 is 27.6. The van der Waals surface area contributed by atoms with Crippen LogP contribution in [0.3, 0.4) is 0 Å². The van der Waals surface area contributed by atoms with Crippen molar-refractivity contribution in [3.05, 3.63) is 54.1 Å². The van der Waals surface area contributed by atoms with Gasteiger partial charge in [-0.1, -0.05) is 36.4 Å². The average Bonchev–Trinajstić information content (AvgIpc) is 2.33. The predicted octanol–water partition coefficient (Wildman–Crippen LogP) is 2.09. The number of hydrogen-bond acceptors (Lipinski definition) is 2. The van der Waals surface area contributed by atoms with Gasteiger partial charge < -0.3 is 10.2 Å². The first-order chi connectivity index (χ1) is 8.37. The van der Waals surface area contributed by atoms with Gasteiger partial charge in [-0.2, -0.15) is 0 Å². The zero-order chi connectivity index (χ0) is 13.4. The summed E-state index contributed by atoms with van der Waals surface area (Å²) in [6.07, 6.45) is 2.23. The molecule has 1 aliphatic rings. The summed E-state index contributed by atoms with van der Waals surface area (Å²) in [4.78, 5) is 10.8. The molecule has 0 amide bonds. The number of halogens is 2. The molecule has 0 aromatic heterocycles. The van der Waals surface area contributed by atoms with Crippen molar-refractivity contribution < 1.29 is 23.8 Å². The highest BCUT2D eigenvalue weighted by Crippen LogP contribution is 2.38. The van der Waals surface area contributed by atoms with Gasteiger partial charge in [-0.25, -0.2) is 13.6 Å². The van der Waals surface area contributed by atoms with Crippen molar-refractivity contribution in [2.75, 3.05) is 0 Å². The Morgan fingerprint density at radius 2 is 1.78 bits per heavy atom. The van der Waals surface area contributed by atoms with Crippen LogP contribution in [0.5, 0.6) is 0 Å². The fourth-order valence-corrected chi connectivity index (χ4v) is 1.71. The molecule has 2 unspecified atom stereocenters. The summed E-state index contributed by atoms with van der Waals surface area (Å²) in [7, 11) is 0. The Hall–Kier alpha value is -2.01. The topological polar surface area (TPSA) is 57.5 Å². The maximum Gasteiger partial charge on any atom is 0.352 e. The molecular formula is C13H10F2O3. The minimum atomic E-state index is -3.56. The molecule has 2 atom stereocenters. The Balaban J connectivity index is 2.51. The lowest BCUT2D eigenvalue weighted by Gasteiger charge is -2.30. The van der Waals surface area contributed by atoms with Gasteiger partial charge >= 0.3 is 5.97 Å². The van der Waals surface area contributed by atoms with Crippen LogP contribution < -0.4 is 0 Å². The minimum absolute atomic E-state index is 0.197. The van der Waals surface area contributed by atoms with Crippen LogP contribution in [0.25, 0.3) is 5.57 Å². The molecule has 1 aliphatic carbocycles. The molecule has 0 radical (unpaired) electrons. The van der Waals surface area contributed by atoms with E-state index >= 15 is 0 Å². The second-order valence-electron chi connectivity index (χ2n) is 3.99. The van der Waals surface area contributed by atoms with Gasteiger partial charge in [0.2, 0.25) is 0 Å². The summed E-state index contributed by atoms with van der Waals surface area (Å²) in [6, 6.07) is 8.35. The maximum atomic E-state index is 14.1. The quantitative estimate of drug-likeness (QED) is 0.847. The van der Waals surface area contributed by atoms with Crippen LogP contribution in [0.15, 0.2) is 48.6 Å². The van der Waals surface area contributed by atoms with Crippen LogP contribution in [-0.4, -0.2) is 27.7 Å². The van der Waals surface area contributed by atoms with Crippen molar-refractivity contribution in [3.63, 3.8) is 0 Å². The van der Waals surface area contributed by atoms with E-state index in [9.17, 15) is 18.7 Å². The van der Waals surface area contributed by atoms with Crippen molar-refractivity contribution in [1.82, 2.24) is 0 Å². The van der Waals surface area contributed by atoms with Crippen LogP contribution >= 0.6 is 0 Å². The van der Waals surface area contributed by atoms with E-state index in [4.69, 9.17) is 5.11 Å². The summed E-state index contributed by atoms with van der Waals surface area (Å²) >= 11 is 0. The molecule has 0 aliphatic heterocycles. The number of carboxylic acids is 1. The molecule has 2 rings (SSSR count). The lowest BCUT2D eigenvalue weighted by atomic mass is 9.86. The molecule has 1 aromatic carbocycles. The van der Waals surface area contributed by atoms with E-state index in [0.717, 1.165) is 6.08 Å². The zero-order valence-corrected chi connectivity index (χ0v) is 9.18. The van der Waals surface area contributed by atoms with E-state index in [1.54, 1.807) is 30.3 Å². The number of hydrogen-bond donors (Lipinski definition) is 2. The van der Waals surface area contributed by atoms with Crippen molar-refractivity contribution in [2.24, 2.45) is 0 Å². The van der Waals surface area contributed by atoms with Crippen molar-refractivity contribution >= 4 is 11.5 Å². The molecule has 94 valence electrons. The number of rotatable bonds is 2. The first-order valence-electron chi connectivity index (χ1n) is 5.18. The molecule has 0 spiro atoms. The molecular weight excluding hydrogens is 242 g/mol. The van der Waals surface area contributed by atoms with Gasteiger partial charge in [-0.15, -0.1) is 0 Å². The molecule has 0 fully saturated rings. The van der Waals surface area contributed by atoms with Gasteiger partial charge in [0.1, 0.15) is 0 Å². The number of carbonyl (C=O) groups is 1. The van der Waals surface area contributed by atoms with Gasteiger partial charge in [-0.3, -0.25) is 0 Å². The van der Waals surface area contributed by atoms with Crippen LogP contribution in [0.1, 0.15) is 5.56 Å². The molecule has 0 saturated carbocycles. The van der Waals surface area contributed by atoms with E-state index in [0.29, 0.717) is 17.7 Å². The summed E-state index contributed by atoms with van der Waals surface area (Å²) in [5.41, 5.74) is -2.76. The number of alkyl halides is 2. The smallest absolute Gasteiger partial charge is 0.352 e. The second kappa shape index (κ2) is 4.03. The molecule has 0 saturated heterocycles. The number of aliphatic carboxylic acids is 1. The van der Waals surface area contributed by atoms with Crippen LogP contribution in [0, 0.1) is 0 Å². The standard InChI is InChI=1S/C13H10F2O3/c14-12(11(16)17)8-10(6-7-13(12,15)18)9-4-2-1-3-5-9/h1-8,18H,(H,16,17). The molecule has 3 nitrogen and oxygen atoms in total. The van der Waals surface area contributed by atoms with E-state index in [-0.39, 0.29) is 5.57 Å². The predicted molar refractivity (Wildman–Crippen MR) is 61.1 cm³/mol. The van der Waals surface area contributed by atoms with Gasteiger partial charge in [0.15, 0.2) is 0 Å². The lowest BCUT2D eigenvalue weighted by molar-refractivity contribution is -0.181. The first kappa shape index (κ1) is 12.4. The van der Waals surface area contributed by atoms with Crippen molar-refractivity contribution in [1.29, 1.82) is 0 Å². The minimum Gasteiger partial charge on any atom is -0.478 e. The van der Waals surface area contributed by atoms with E-state index in [2.05, 4.69) is 0 Å². The molecule has 0 bridgehead atoms. The van der Waals surface area contributed by atoms with Gasteiger partial charge in [0.25, 0.3) is 11.5 Å². The monoisotopic (exact) mass is 252 g/mol. The number of allylic oxidation sites excluding steroid dienone is 2. The van der Waals surface area contributed by atoms with E-state index < -0.39 is 17.5 Å². The highest BCUT2D eigenvalue weighted by Gasteiger charge is 2.57. The Kier molecular flexibility index (Phi) is 2.78.